The van der Waals surface area contributed by atoms with Crippen LogP contribution in [0, 0.1) is 0 Å². The SMILES string of the molecule is C.CCC(=O)c1ccc(CBr)cc1. The van der Waals surface area contributed by atoms with E-state index in [0.717, 1.165) is 10.9 Å². The third-order valence-electron chi connectivity index (χ3n) is 1.75. The normalized spacial score (nSPS) is 9.08. The minimum absolute atomic E-state index is 0. The lowest BCUT2D eigenvalue weighted by molar-refractivity contribution is 0.0988. The molecule has 1 aromatic rings. The fraction of sp³-hybridized carbons (Fsp3) is 0.364. The zero-order chi connectivity index (χ0) is 8.97. The molecule has 0 atom stereocenters. The van der Waals surface area contributed by atoms with Gasteiger partial charge in [-0.15, -0.1) is 0 Å². The van der Waals surface area contributed by atoms with Gasteiger partial charge in [-0.1, -0.05) is 54.5 Å². The molecular weight excluding hydrogens is 228 g/mol. The first-order valence-corrected chi connectivity index (χ1v) is 5.08. The first-order chi connectivity index (χ1) is 5.77. The Kier molecular flexibility index (Phi) is 5.63. The topological polar surface area (TPSA) is 17.1 Å². The summed E-state index contributed by atoms with van der Waals surface area (Å²) in [5, 5.41) is 0.841. The number of carbonyl (C=O) groups is 1. The molecule has 1 aromatic carbocycles. The largest absolute Gasteiger partial charge is 0.294 e. The summed E-state index contributed by atoms with van der Waals surface area (Å²) >= 11 is 3.35. The molecule has 0 bridgehead atoms. The van der Waals surface area contributed by atoms with Crippen molar-refractivity contribution in [3.63, 3.8) is 0 Å². The maximum Gasteiger partial charge on any atom is 0.162 e. The predicted octanol–water partition coefficient (Wildman–Crippen LogP) is 3.81. The Labute approximate surface area is 88.3 Å². The van der Waals surface area contributed by atoms with Gasteiger partial charge in [-0.2, -0.15) is 0 Å². The van der Waals surface area contributed by atoms with Crippen molar-refractivity contribution < 1.29 is 4.79 Å². The van der Waals surface area contributed by atoms with Crippen LogP contribution in [-0.2, 0) is 5.33 Å². The number of Topliss-reactive ketones (excluding diaryl/α,β-unsaturated/α-hetero) is 1. The second-order valence-electron chi connectivity index (χ2n) is 2.61. The fourth-order valence-corrected chi connectivity index (χ4v) is 1.36. The third kappa shape index (κ3) is 3.31. The summed E-state index contributed by atoms with van der Waals surface area (Å²) in [5.41, 5.74) is 2.00. The Morgan fingerprint density at radius 1 is 1.31 bits per heavy atom. The number of hydrogen-bond acceptors (Lipinski definition) is 1. The van der Waals surface area contributed by atoms with Gasteiger partial charge in [0, 0.05) is 17.3 Å². The van der Waals surface area contributed by atoms with Crippen molar-refractivity contribution in [2.75, 3.05) is 0 Å². The molecule has 0 saturated carbocycles. The lowest BCUT2D eigenvalue weighted by atomic mass is 10.1. The Morgan fingerprint density at radius 2 is 1.85 bits per heavy atom. The molecule has 0 aliphatic carbocycles. The van der Waals surface area contributed by atoms with Gasteiger partial charge in [-0.25, -0.2) is 0 Å². The molecule has 0 N–H and O–H groups in total. The van der Waals surface area contributed by atoms with Crippen LogP contribution in [0.4, 0.5) is 0 Å². The van der Waals surface area contributed by atoms with Gasteiger partial charge in [0.1, 0.15) is 0 Å². The lowest BCUT2D eigenvalue weighted by Crippen LogP contribution is -1.95. The van der Waals surface area contributed by atoms with E-state index in [2.05, 4.69) is 15.9 Å². The highest BCUT2D eigenvalue weighted by Gasteiger charge is 2.00. The van der Waals surface area contributed by atoms with Crippen molar-refractivity contribution in [2.45, 2.75) is 26.1 Å². The lowest BCUT2D eigenvalue weighted by Gasteiger charge is -1.98. The summed E-state index contributed by atoms with van der Waals surface area (Å²) < 4.78 is 0. The van der Waals surface area contributed by atoms with Gasteiger partial charge < -0.3 is 0 Å². The van der Waals surface area contributed by atoms with Crippen molar-refractivity contribution in [1.82, 2.24) is 0 Å². The summed E-state index contributed by atoms with van der Waals surface area (Å²) in [6.45, 7) is 1.88. The maximum absolute atomic E-state index is 11.2. The summed E-state index contributed by atoms with van der Waals surface area (Å²) in [5.74, 6) is 0.205. The molecule has 13 heavy (non-hydrogen) atoms. The van der Waals surface area contributed by atoms with Crippen LogP contribution in [0.1, 0.15) is 36.7 Å². The van der Waals surface area contributed by atoms with Gasteiger partial charge >= 0.3 is 0 Å². The van der Waals surface area contributed by atoms with Crippen molar-refractivity contribution in [3.8, 4) is 0 Å². The average molecular weight is 243 g/mol. The fourth-order valence-electron chi connectivity index (χ4n) is 0.984. The van der Waals surface area contributed by atoms with E-state index in [-0.39, 0.29) is 13.2 Å². The van der Waals surface area contributed by atoms with E-state index in [1.807, 2.05) is 31.2 Å². The number of carbonyl (C=O) groups excluding carboxylic acids is 1. The molecule has 0 heterocycles. The zero-order valence-electron chi connectivity index (χ0n) is 7.01. The van der Waals surface area contributed by atoms with Gasteiger partial charge in [-0.3, -0.25) is 4.79 Å². The van der Waals surface area contributed by atoms with Crippen LogP contribution in [0.15, 0.2) is 24.3 Å². The molecule has 0 amide bonds. The van der Waals surface area contributed by atoms with Crippen LogP contribution in [0.3, 0.4) is 0 Å². The first-order valence-electron chi connectivity index (χ1n) is 3.96. The third-order valence-corrected chi connectivity index (χ3v) is 2.40. The molecule has 0 aromatic heterocycles. The molecule has 0 aliphatic rings. The highest BCUT2D eigenvalue weighted by molar-refractivity contribution is 9.08. The number of ketones is 1. The molecule has 0 fully saturated rings. The summed E-state index contributed by atoms with van der Waals surface area (Å²) in [7, 11) is 0. The molecule has 0 aliphatic heterocycles. The second kappa shape index (κ2) is 5.92. The smallest absolute Gasteiger partial charge is 0.162 e. The van der Waals surface area contributed by atoms with Gasteiger partial charge in [0.2, 0.25) is 0 Å². The van der Waals surface area contributed by atoms with Gasteiger partial charge in [0.05, 0.1) is 0 Å². The number of halogens is 1. The Morgan fingerprint density at radius 3 is 2.23 bits per heavy atom. The molecule has 2 heteroatoms. The minimum Gasteiger partial charge on any atom is -0.294 e. The number of benzene rings is 1. The predicted molar refractivity (Wildman–Crippen MR) is 60.4 cm³/mol. The van der Waals surface area contributed by atoms with Gasteiger partial charge in [-0.05, 0) is 5.56 Å². The van der Waals surface area contributed by atoms with Crippen LogP contribution in [-0.4, -0.2) is 5.78 Å². The Balaban J connectivity index is 0.00000144. The summed E-state index contributed by atoms with van der Waals surface area (Å²) in [6.07, 6.45) is 0.577. The van der Waals surface area contributed by atoms with E-state index >= 15 is 0 Å². The number of hydrogen-bond donors (Lipinski definition) is 0. The molecule has 0 unspecified atom stereocenters. The minimum atomic E-state index is 0. The van der Waals surface area contributed by atoms with Crippen molar-refractivity contribution in [3.05, 3.63) is 35.4 Å². The molecule has 0 spiro atoms. The van der Waals surface area contributed by atoms with Gasteiger partial charge in [0.25, 0.3) is 0 Å². The molecule has 72 valence electrons. The number of alkyl halides is 1. The van der Waals surface area contributed by atoms with Crippen molar-refractivity contribution in [1.29, 1.82) is 0 Å². The van der Waals surface area contributed by atoms with E-state index in [9.17, 15) is 4.79 Å². The zero-order valence-corrected chi connectivity index (χ0v) is 8.60. The van der Waals surface area contributed by atoms with Crippen LogP contribution in [0.5, 0.6) is 0 Å². The van der Waals surface area contributed by atoms with E-state index in [1.165, 1.54) is 5.56 Å². The number of rotatable bonds is 3. The standard InChI is InChI=1S/C10H11BrO.CH4/c1-2-10(12)9-5-3-8(7-11)4-6-9;/h3-6H,2,7H2,1H3;1H4. The molecule has 1 nitrogen and oxygen atoms in total. The van der Waals surface area contributed by atoms with E-state index in [1.54, 1.807) is 0 Å². The first kappa shape index (κ1) is 12.4. The van der Waals surface area contributed by atoms with Crippen LogP contribution in [0.2, 0.25) is 0 Å². The molecule has 0 radical (unpaired) electrons. The Hall–Kier alpha value is -0.630. The van der Waals surface area contributed by atoms with E-state index in [4.69, 9.17) is 0 Å². The maximum atomic E-state index is 11.2. The van der Waals surface area contributed by atoms with Crippen LogP contribution < -0.4 is 0 Å². The molecule has 1 rings (SSSR count). The summed E-state index contributed by atoms with van der Waals surface area (Å²) in [4.78, 5) is 11.2. The highest BCUT2D eigenvalue weighted by atomic mass is 79.9. The van der Waals surface area contributed by atoms with Gasteiger partial charge in [0.15, 0.2) is 5.78 Å². The molecule has 0 saturated heterocycles. The van der Waals surface area contributed by atoms with Crippen molar-refractivity contribution in [2.24, 2.45) is 0 Å². The van der Waals surface area contributed by atoms with Crippen LogP contribution >= 0.6 is 15.9 Å². The van der Waals surface area contributed by atoms with E-state index in [0.29, 0.717) is 6.42 Å². The summed E-state index contributed by atoms with van der Waals surface area (Å²) in [6, 6.07) is 7.69. The van der Waals surface area contributed by atoms with Crippen molar-refractivity contribution >= 4 is 21.7 Å². The Bertz CT molecular complexity index is 264. The second-order valence-corrected chi connectivity index (χ2v) is 3.17. The van der Waals surface area contributed by atoms with Crippen LogP contribution in [0.25, 0.3) is 0 Å². The quantitative estimate of drug-likeness (QED) is 0.582. The van der Waals surface area contributed by atoms with E-state index < -0.39 is 0 Å². The molecular formula is C11H15BrO. The average Bonchev–Trinajstić information content (AvgIpc) is 2.17. The monoisotopic (exact) mass is 242 g/mol. The highest BCUT2D eigenvalue weighted by Crippen LogP contribution is 2.09.